The smallest absolute Gasteiger partial charge is 0.106 e. The van der Waals surface area contributed by atoms with E-state index < -0.39 is 0 Å². The van der Waals surface area contributed by atoms with Gasteiger partial charge in [-0.3, -0.25) is 0 Å². The van der Waals surface area contributed by atoms with Crippen LogP contribution in [-0.4, -0.2) is 9.55 Å². The Morgan fingerprint density at radius 2 is 1.84 bits per heavy atom. The quantitative estimate of drug-likeness (QED) is 0.798. The SMILES string of the molecule is Cc1ccc(Cn2c(C)nc3c2CCCC3)cc1C. The van der Waals surface area contributed by atoms with E-state index in [9.17, 15) is 0 Å². The fraction of sp³-hybridized carbons (Fsp3) is 0.471. The fourth-order valence-electron chi connectivity index (χ4n) is 3.03. The molecule has 0 bridgehead atoms. The fourth-order valence-corrected chi connectivity index (χ4v) is 3.03. The summed E-state index contributed by atoms with van der Waals surface area (Å²) in [5.41, 5.74) is 6.95. The monoisotopic (exact) mass is 254 g/mol. The van der Waals surface area contributed by atoms with E-state index in [0.29, 0.717) is 0 Å². The highest BCUT2D eigenvalue weighted by Gasteiger charge is 2.17. The first kappa shape index (κ1) is 12.5. The summed E-state index contributed by atoms with van der Waals surface area (Å²) in [6.45, 7) is 7.47. The summed E-state index contributed by atoms with van der Waals surface area (Å²) >= 11 is 0. The molecule has 0 saturated carbocycles. The third-order valence-electron chi connectivity index (χ3n) is 4.34. The number of aryl methyl sites for hydroxylation is 4. The molecule has 0 amide bonds. The Bertz CT molecular complexity index is 608. The van der Waals surface area contributed by atoms with Gasteiger partial charge in [-0.2, -0.15) is 0 Å². The molecule has 1 aliphatic rings. The molecule has 0 radical (unpaired) electrons. The zero-order valence-corrected chi connectivity index (χ0v) is 12.2. The van der Waals surface area contributed by atoms with E-state index in [1.54, 1.807) is 0 Å². The van der Waals surface area contributed by atoms with Crippen molar-refractivity contribution >= 4 is 0 Å². The van der Waals surface area contributed by atoms with Crippen molar-refractivity contribution in [2.45, 2.75) is 53.0 Å². The average Bonchev–Trinajstić information content (AvgIpc) is 2.71. The highest BCUT2D eigenvalue weighted by atomic mass is 15.1. The first-order valence-corrected chi connectivity index (χ1v) is 7.26. The number of imidazole rings is 1. The van der Waals surface area contributed by atoms with Crippen LogP contribution in [0.5, 0.6) is 0 Å². The van der Waals surface area contributed by atoms with Crippen molar-refractivity contribution in [3.05, 3.63) is 52.1 Å². The molecular weight excluding hydrogens is 232 g/mol. The van der Waals surface area contributed by atoms with Crippen LogP contribution >= 0.6 is 0 Å². The van der Waals surface area contributed by atoms with Crippen LogP contribution in [0.15, 0.2) is 18.2 Å². The molecule has 100 valence electrons. The minimum absolute atomic E-state index is 0.968. The normalized spacial score (nSPS) is 14.5. The molecule has 1 aromatic carbocycles. The molecule has 0 atom stereocenters. The predicted molar refractivity (Wildman–Crippen MR) is 78.6 cm³/mol. The summed E-state index contributed by atoms with van der Waals surface area (Å²) in [6, 6.07) is 6.78. The summed E-state index contributed by atoms with van der Waals surface area (Å²) in [5, 5.41) is 0. The summed E-state index contributed by atoms with van der Waals surface area (Å²) in [6.07, 6.45) is 4.97. The van der Waals surface area contributed by atoms with Crippen molar-refractivity contribution in [1.82, 2.24) is 9.55 Å². The molecule has 2 aromatic rings. The highest BCUT2D eigenvalue weighted by Crippen LogP contribution is 2.23. The zero-order valence-electron chi connectivity index (χ0n) is 12.2. The van der Waals surface area contributed by atoms with Crippen molar-refractivity contribution in [2.75, 3.05) is 0 Å². The Morgan fingerprint density at radius 3 is 2.63 bits per heavy atom. The maximum atomic E-state index is 4.75. The Hall–Kier alpha value is -1.57. The van der Waals surface area contributed by atoms with E-state index in [2.05, 4.69) is 43.5 Å². The minimum atomic E-state index is 0.968. The lowest BCUT2D eigenvalue weighted by Gasteiger charge is -2.15. The molecule has 1 aromatic heterocycles. The van der Waals surface area contributed by atoms with Gasteiger partial charge in [0.05, 0.1) is 5.69 Å². The van der Waals surface area contributed by atoms with E-state index in [1.165, 1.54) is 53.2 Å². The van der Waals surface area contributed by atoms with Crippen LogP contribution in [-0.2, 0) is 19.4 Å². The van der Waals surface area contributed by atoms with Crippen LogP contribution in [0.3, 0.4) is 0 Å². The topological polar surface area (TPSA) is 17.8 Å². The minimum Gasteiger partial charge on any atom is -0.328 e. The lowest BCUT2D eigenvalue weighted by Crippen LogP contribution is -2.10. The second-order valence-corrected chi connectivity index (χ2v) is 5.76. The molecule has 0 aliphatic heterocycles. The second kappa shape index (κ2) is 4.84. The van der Waals surface area contributed by atoms with Gasteiger partial charge in [0.15, 0.2) is 0 Å². The number of hydrogen-bond acceptors (Lipinski definition) is 1. The predicted octanol–water partition coefficient (Wildman–Crippen LogP) is 3.74. The molecule has 0 saturated heterocycles. The lowest BCUT2D eigenvalue weighted by atomic mass is 10.0. The summed E-state index contributed by atoms with van der Waals surface area (Å²) in [4.78, 5) is 4.75. The molecule has 0 unspecified atom stereocenters. The van der Waals surface area contributed by atoms with Crippen LogP contribution in [0.25, 0.3) is 0 Å². The Labute approximate surface area is 115 Å². The molecule has 0 fully saturated rings. The first-order chi connectivity index (χ1) is 9.15. The molecule has 1 aliphatic carbocycles. The van der Waals surface area contributed by atoms with E-state index in [0.717, 1.165) is 13.0 Å². The van der Waals surface area contributed by atoms with E-state index in [1.807, 2.05) is 0 Å². The molecule has 3 rings (SSSR count). The van der Waals surface area contributed by atoms with Gasteiger partial charge in [-0.05, 0) is 63.1 Å². The highest BCUT2D eigenvalue weighted by molar-refractivity contribution is 5.31. The van der Waals surface area contributed by atoms with Gasteiger partial charge in [0.1, 0.15) is 5.82 Å². The molecule has 0 spiro atoms. The Morgan fingerprint density at radius 1 is 1.05 bits per heavy atom. The van der Waals surface area contributed by atoms with Gasteiger partial charge in [-0.25, -0.2) is 4.98 Å². The average molecular weight is 254 g/mol. The van der Waals surface area contributed by atoms with Gasteiger partial charge >= 0.3 is 0 Å². The number of hydrogen-bond donors (Lipinski definition) is 0. The maximum Gasteiger partial charge on any atom is 0.106 e. The number of benzene rings is 1. The Kier molecular flexibility index (Phi) is 3.17. The maximum absolute atomic E-state index is 4.75. The summed E-state index contributed by atoms with van der Waals surface area (Å²) < 4.78 is 2.42. The van der Waals surface area contributed by atoms with Crippen molar-refractivity contribution in [3.8, 4) is 0 Å². The zero-order chi connectivity index (χ0) is 13.4. The van der Waals surface area contributed by atoms with Crippen LogP contribution in [0.4, 0.5) is 0 Å². The lowest BCUT2D eigenvalue weighted by molar-refractivity contribution is 0.624. The van der Waals surface area contributed by atoms with Gasteiger partial charge in [0.25, 0.3) is 0 Å². The van der Waals surface area contributed by atoms with Gasteiger partial charge in [-0.1, -0.05) is 18.2 Å². The van der Waals surface area contributed by atoms with E-state index in [4.69, 9.17) is 4.98 Å². The largest absolute Gasteiger partial charge is 0.328 e. The van der Waals surface area contributed by atoms with Crippen LogP contribution in [0.1, 0.15) is 46.7 Å². The molecular formula is C17H22N2. The number of rotatable bonds is 2. The molecule has 19 heavy (non-hydrogen) atoms. The second-order valence-electron chi connectivity index (χ2n) is 5.76. The third kappa shape index (κ3) is 2.32. The van der Waals surface area contributed by atoms with E-state index >= 15 is 0 Å². The summed E-state index contributed by atoms with van der Waals surface area (Å²) in [7, 11) is 0. The summed E-state index contributed by atoms with van der Waals surface area (Å²) in [5.74, 6) is 1.17. The van der Waals surface area contributed by atoms with Crippen molar-refractivity contribution in [2.24, 2.45) is 0 Å². The number of fused-ring (bicyclic) bond motifs is 1. The van der Waals surface area contributed by atoms with Gasteiger partial charge in [-0.15, -0.1) is 0 Å². The Balaban J connectivity index is 1.94. The van der Waals surface area contributed by atoms with Crippen molar-refractivity contribution in [1.29, 1.82) is 0 Å². The first-order valence-electron chi connectivity index (χ1n) is 7.26. The van der Waals surface area contributed by atoms with Crippen LogP contribution in [0, 0.1) is 20.8 Å². The molecule has 0 N–H and O–H groups in total. The molecule has 2 heteroatoms. The van der Waals surface area contributed by atoms with E-state index in [-0.39, 0.29) is 0 Å². The molecule has 1 heterocycles. The molecule has 2 nitrogen and oxygen atoms in total. The van der Waals surface area contributed by atoms with Crippen LogP contribution in [0.2, 0.25) is 0 Å². The van der Waals surface area contributed by atoms with Crippen molar-refractivity contribution < 1.29 is 0 Å². The van der Waals surface area contributed by atoms with Crippen LogP contribution < -0.4 is 0 Å². The number of nitrogens with zero attached hydrogens (tertiary/aromatic N) is 2. The number of aromatic nitrogens is 2. The van der Waals surface area contributed by atoms with Gasteiger partial charge in [0, 0.05) is 12.2 Å². The van der Waals surface area contributed by atoms with Gasteiger partial charge in [0.2, 0.25) is 0 Å². The standard InChI is InChI=1S/C17H22N2/c1-12-8-9-15(10-13(12)2)11-19-14(3)18-16-6-4-5-7-17(16)19/h8-10H,4-7,11H2,1-3H3. The van der Waals surface area contributed by atoms with Gasteiger partial charge < -0.3 is 4.57 Å². The van der Waals surface area contributed by atoms with Crippen molar-refractivity contribution in [3.63, 3.8) is 0 Å². The third-order valence-corrected chi connectivity index (χ3v) is 4.34.